The van der Waals surface area contributed by atoms with Crippen LogP contribution in [0.1, 0.15) is 17.9 Å². The molecule has 1 aromatic heterocycles. The number of esters is 1. The summed E-state index contributed by atoms with van der Waals surface area (Å²) in [5, 5.41) is 11.7. The molecule has 0 aliphatic rings. The Morgan fingerprint density at radius 3 is 2.79 bits per heavy atom. The molecule has 3 nitrogen and oxygen atoms in total. The molecule has 0 aromatic carbocycles. The van der Waals surface area contributed by atoms with E-state index in [9.17, 15) is 9.90 Å². The summed E-state index contributed by atoms with van der Waals surface area (Å²) in [6, 6.07) is 1.84. The number of hydrogen-bond donors (Lipinski definition) is 1. The SMILES string of the molecule is COC(=O)C(C)C(O)c1sccc1Br. The summed E-state index contributed by atoms with van der Waals surface area (Å²) < 4.78 is 5.39. The monoisotopic (exact) mass is 278 g/mol. The highest BCUT2D eigenvalue weighted by atomic mass is 79.9. The van der Waals surface area contributed by atoms with Gasteiger partial charge < -0.3 is 9.84 Å². The lowest BCUT2D eigenvalue weighted by atomic mass is 10.0. The molecule has 2 atom stereocenters. The van der Waals surface area contributed by atoms with Gasteiger partial charge >= 0.3 is 5.97 Å². The maximum absolute atomic E-state index is 11.2. The van der Waals surface area contributed by atoms with Crippen LogP contribution in [0.25, 0.3) is 0 Å². The van der Waals surface area contributed by atoms with E-state index >= 15 is 0 Å². The Morgan fingerprint density at radius 1 is 1.71 bits per heavy atom. The lowest BCUT2D eigenvalue weighted by molar-refractivity contribution is -0.148. The van der Waals surface area contributed by atoms with Crippen LogP contribution < -0.4 is 0 Å². The van der Waals surface area contributed by atoms with Gasteiger partial charge in [-0.15, -0.1) is 11.3 Å². The molecule has 0 bridgehead atoms. The smallest absolute Gasteiger partial charge is 0.311 e. The van der Waals surface area contributed by atoms with E-state index in [0.717, 1.165) is 9.35 Å². The van der Waals surface area contributed by atoms with Crippen LogP contribution in [0.5, 0.6) is 0 Å². The van der Waals surface area contributed by atoms with Gasteiger partial charge in [0.05, 0.1) is 13.0 Å². The molecule has 1 aromatic rings. The van der Waals surface area contributed by atoms with Gasteiger partial charge in [-0.25, -0.2) is 0 Å². The molecule has 0 saturated heterocycles. The first-order valence-corrected chi connectivity index (χ1v) is 5.74. The van der Waals surface area contributed by atoms with Crippen LogP contribution in [-0.2, 0) is 9.53 Å². The Kier molecular flexibility index (Phi) is 4.10. The zero-order valence-corrected chi connectivity index (χ0v) is 10.3. The molecule has 0 amide bonds. The normalized spacial score (nSPS) is 14.9. The number of thiophene rings is 1. The molecular weight excluding hydrogens is 268 g/mol. The third kappa shape index (κ3) is 2.34. The van der Waals surface area contributed by atoms with Crippen LogP contribution in [0.15, 0.2) is 15.9 Å². The standard InChI is InChI=1S/C9H11BrO3S/c1-5(9(12)13-2)7(11)8-6(10)3-4-14-8/h3-5,7,11H,1-2H3. The quantitative estimate of drug-likeness (QED) is 0.864. The highest BCUT2D eigenvalue weighted by Gasteiger charge is 2.26. The molecule has 1 N–H and O–H groups in total. The van der Waals surface area contributed by atoms with Crippen molar-refractivity contribution >= 4 is 33.2 Å². The van der Waals surface area contributed by atoms with E-state index in [1.807, 2.05) is 11.4 Å². The second kappa shape index (κ2) is 4.91. The average Bonchev–Trinajstić information content (AvgIpc) is 2.61. The molecule has 0 aliphatic carbocycles. The third-order valence-electron chi connectivity index (χ3n) is 1.96. The van der Waals surface area contributed by atoms with Crippen LogP contribution in [0.4, 0.5) is 0 Å². The predicted octanol–water partition coefficient (Wildman–Crippen LogP) is 2.35. The van der Waals surface area contributed by atoms with Gasteiger partial charge in [-0.05, 0) is 34.3 Å². The van der Waals surface area contributed by atoms with Crippen molar-refractivity contribution in [2.24, 2.45) is 5.92 Å². The number of rotatable bonds is 3. The Hall–Kier alpha value is -0.390. The Balaban J connectivity index is 2.80. The second-order valence-corrected chi connectivity index (χ2v) is 4.69. The Labute approximate surface area is 94.8 Å². The molecule has 14 heavy (non-hydrogen) atoms. The molecule has 1 rings (SSSR count). The first kappa shape index (κ1) is 11.7. The van der Waals surface area contributed by atoms with Crippen molar-refractivity contribution in [3.05, 3.63) is 20.8 Å². The van der Waals surface area contributed by atoms with Gasteiger partial charge in [-0.2, -0.15) is 0 Å². The molecule has 78 valence electrons. The summed E-state index contributed by atoms with van der Waals surface area (Å²) >= 11 is 4.71. The number of carbonyl (C=O) groups is 1. The van der Waals surface area contributed by atoms with E-state index in [1.165, 1.54) is 18.4 Å². The van der Waals surface area contributed by atoms with Crippen LogP contribution >= 0.6 is 27.3 Å². The van der Waals surface area contributed by atoms with Crippen molar-refractivity contribution in [3.63, 3.8) is 0 Å². The molecule has 5 heteroatoms. The highest BCUT2D eigenvalue weighted by Crippen LogP contribution is 2.33. The fourth-order valence-corrected chi connectivity index (χ4v) is 2.76. The Bertz CT molecular complexity index is 324. The van der Waals surface area contributed by atoms with Gasteiger partial charge in [0.25, 0.3) is 0 Å². The van der Waals surface area contributed by atoms with Gasteiger partial charge in [0.2, 0.25) is 0 Å². The highest BCUT2D eigenvalue weighted by molar-refractivity contribution is 9.10. The number of aliphatic hydroxyl groups excluding tert-OH is 1. The van der Waals surface area contributed by atoms with E-state index < -0.39 is 18.0 Å². The minimum absolute atomic E-state index is 0.405. The third-order valence-corrected chi connectivity index (χ3v) is 3.90. The first-order valence-electron chi connectivity index (χ1n) is 4.06. The predicted molar refractivity (Wildman–Crippen MR) is 58.2 cm³/mol. The van der Waals surface area contributed by atoms with Crippen LogP contribution in [-0.4, -0.2) is 18.2 Å². The lowest BCUT2D eigenvalue weighted by Crippen LogP contribution is -2.20. The topological polar surface area (TPSA) is 46.5 Å². The number of hydrogen-bond acceptors (Lipinski definition) is 4. The summed E-state index contributed by atoms with van der Waals surface area (Å²) in [6.45, 7) is 1.64. The van der Waals surface area contributed by atoms with Crippen molar-refractivity contribution in [1.82, 2.24) is 0 Å². The maximum Gasteiger partial charge on any atom is 0.311 e. The van der Waals surface area contributed by atoms with Crippen molar-refractivity contribution in [2.75, 3.05) is 7.11 Å². The largest absolute Gasteiger partial charge is 0.469 e. The molecule has 0 fully saturated rings. The number of aliphatic hydroxyl groups is 1. The maximum atomic E-state index is 11.2. The van der Waals surface area contributed by atoms with Crippen molar-refractivity contribution in [2.45, 2.75) is 13.0 Å². The fraction of sp³-hybridized carbons (Fsp3) is 0.444. The molecule has 0 spiro atoms. The van der Waals surface area contributed by atoms with E-state index in [1.54, 1.807) is 6.92 Å². The fourth-order valence-electron chi connectivity index (χ4n) is 1.06. The molecule has 1 heterocycles. The van der Waals surface area contributed by atoms with Gasteiger partial charge in [-0.3, -0.25) is 4.79 Å². The molecule has 0 aliphatic heterocycles. The van der Waals surface area contributed by atoms with Crippen LogP contribution in [0.3, 0.4) is 0 Å². The molecule has 0 radical (unpaired) electrons. The summed E-state index contributed by atoms with van der Waals surface area (Å²) in [5.74, 6) is -0.951. The minimum Gasteiger partial charge on any atom is -0.469 e. The van der Waals surface area contributed by atoms with E-state index in [-0.39, 0.29) is 0 Å². The van der Waals surface area contributed by atoms with Crippen molar-refractivity contribution in [1.29, 1.82) is 0 Å². The van der Waals surface area contributed by atoms with Crippen LogP contribution in [0.2, 0.25) is 0 Å². The summed E-state index contributed by atoms with van der Waals surface area (Å²) in [4.78, 5) is 11.9. The van der Waals surface area contributed by atoms with E-state index in [0.29, 0.717) is 0 Å². The number of methoxy groups -OCH3 is 1. The number of carbonyl (C=O) groups excluding carboxylic acids is 1. The lowest BCUT2D eigenvalue weighted by Gasteiger charge is -2.15. The zero-order valence-electron chi connectivity index (χ0n) is 7.86. The van der Waals surface area contributed by atoms with Gasteiger partial charge in [0, 0.05) is 9.35 Å². The zero-order chi connectivity index (χ0) is 10.7. The summed E-state index contributed by atoms with van der Waals surface area (Å²) in [5.41, 5.74) is 0. The summed E-state index contributed by atoms with van der Waals surface area (Å²) in [7, 11) is 1.31. The van der Waals surface area contributed by atoms with Crippen molar-refractivity contribution in [3.8, 4) is 0 Å². The van der Waals surface area contributed by atoms with Gasteiger partial charge in [0.15, 0.2) is 0 Å². The molecule has 0 saturated carbocycles. The molecular formula is C9H11BrO3S. The average molecular weight is 279 g/mol. The molecule has 2 unspecified atom stereocenters. The summed E-state index contributed by atoms with van der Waals surface area (Å²) in [6.07, 6.45) is -0.808. The second-order valence-electron chi connectivity index (χ2n) is 2.89. The van der Waals surface area contributed by atoms with E-state index in [4.69, 9.17) is 0 Å². The Morgan fingerprint density at radius 2 is 2.36 bits per heavy atom. The first-order chi connectivity index (χ1) is 6.57. The number of ether oxygens (including phenoxy) is 1. The number of halogens is 1. The van der Waals surface area contributed by atoms with Gasteiger partial charge in [0.1, 0.15) is 6.10 Å². The van der Waals surface area contributed by atoms with Gasteiger partial charge in [-0.1, -0.05) is 0 Å². The van der Waals surface area contributed by atoms with Crippen molar-refractivity contribution < 1.29 is 14.6 Å². The van der Waals surface area contributed by atoms with Crippen LogP contribution in [0, 0.1) is 5.92 Å². The minimum atomic E-state index is -0.808. The van der Waals surface area contributed by atoms with E-state index in [2.05, 4.69) is 20.7 Å².